The van der Waals surface area contributed by atoms with Crippen molar-refractivity contribution in [1.82, 2.24) is 5.32 Å². The number of rotatable bonds is 9. The van der Waals surface area contributed by atoms with Crippen LogP contribution in [0.15, 0.2) is 24.3 Å². The molecule has 1 aliphatic rings. The number of nitrogens with one attached hydrogen (secondary N) is 1. The van der Waals surface area contributed by atoms with E-state index in [4.69, 9.17) is 15.2 Å². The first-order chi connectivity index (χ1) is 11.1. The summed E-state index contributed by atoms with van der Waals surface area (Å²) >= 11 is 0. The topological polar surface area (TPSA) is 90.7 Å². The van der Waals surface area contributed by atoms with Crippen LogP contribution in [0.3, 0.4) is 0 Å². The van der Waals surface area contributed by atoms with Crippen LogP contribution >= 0.6 is 0 Å². The van der Waals surface area contributed by atoms with Crippen LogP contribution in [0.25, 0.3) is 0 Å². The predicted octanol–water partition coefficient (Wildman–Crippen LogP) is 2.15. The van der Waals surface area contributed by atoms with Gasteiger partial charge in [-0.25, -0.2) is 4.79 Å². The van der Waals surface area contributed by atoms with Crippen molar-refractivity contribution in [2.75, 3.05) is 13.2 Å². The van der Waals surface area contributed by atoms with Crippen LogP contribution in [-0.2, 0) is 16.0 Å². The second kappa shape index (κ2) is 7.85. The maximum Gasteiger partial charge on any atom is 0.408 e. The highest BCUT2D eigenvalue weighted by molar-refractivity contribution is 5.91. The molecular formula is C17H24N2O4. The molecule has 0 bridgehead atoms. The average Bonchev–Trinajstić information content (AvgIpc) is 2.93. The molecule has 3 N–H and O–H groups in total. The van der Waals surface area contributed by atoms with Gasteiger partial charge in [-0.3, -0.25) is 4.79 Å². The Bertz CT molecular complexity index is 544. The number of nitrogens with two attached hydrogens (primary N) is 1. The van der Waals surface area contributed by atoms with E-state index in [9.17, 15) is 9.59 Å². The minimum Gasteiger partial charge on any atom is -0.494 e. The first-order valence-electron chi connectivity index (χ1n) is 8.02. The van der Waals surface area contributed by atoms with E-state index in [1.807, 2.05) is 24.3 Å². The highest BCUT2D eigenvalue weighted by Crippen LogP contribution is 2.21. The molecule has 6 heteroatoms. The van der Waals surface area contributed by atoms with E-state index in [2.05, 4.69) is 12.2 Å². The molecule has 0 spiro atoms. The molecule has 126 valence electrons. The number of alkyl carbamates (subject to hydrolysis) is 1. The summed E-state index contributed by atoms with van der Waals surface area (Å²) in [5, 5.41) is 2.53. The summed E-state index contributed by atoms with van der Waals surface area (Å²) in [5.74, 6) is 0.270. The number of amides is 2. The minimum absolute atomic E-state index is 0.0141. The van der Waals surface area contributed by atoms with E-state index in [1.54, 1.807) is 0 Å². The lowest BCUT2D eigenvalue weighted by Crippen LogP contribution is -2.54. The van der Waals surface area contributed by atoms with Crippen molar-refractivity contribution in [3.63, 3.8) is 0 Å². The second-order valence-corrected chi connectivity index (χ2v) is 5.85. The van der Waals surface area contributed by atoms with E-state index in [1.165, 1.54) is 12.8 Å². The predicted molar refractivity (Wildman–Crippen MR) is 86.2 cm³/mol. The standard InChI is InChI=1S/C17H24N2O4/c1-2-3-4-11-22-14-7-5-13(6-8-14)9-10-17(15(18)20)12-23-16(21)19-17/h5-8H,2-4,9-12H2,1H3,(H2,18,20)(H,19,21). The summed E-state index contributed by atoms with van der Waals surface area (Å²) < 4.78 is 10.5. The van der Waals surface area contributed by atoms with Crippen LogP contribution in [-0.4, -0.2) is 30.8 Å². The van der Waals surface area contributed by atoms with E-state index in [-0.39, 0.29) is 6.61 Å². The number of carbonyl (C=O) groups excluding carboxylic acids is 2. The normalized spacial score (nSPS) is 20.0. The van der Waals surface area contributed by atoms with Gasteiger partial charge in [0, 0.05) is 0 Å². The van der Waals surface area contributed by atoms with E-state index in [0.717, 1.165) is 24.3 Å². The Labute approximate surface area is 136 Å². The molecule has 1 aliphatic heterocycles. The lowest BCUT2D eigenvalue weighted by molar-refractivity contribution is -0.124. The zero-order chi connectivity index (χ0) is 16.7. The Kier molecular flexibility index (Phi) is 5.84. The van der Waals surface area contributed by atoms with Crippen LogP contribution in [0.2, 0.25) is 0 Å². The molecule has 0 aliphatic carbocycles. The molecule has 1 aromatic rings. The van der Waals surface area contributed by atoms with Crippen molar-refractivity contribution in [2.45, 2.75) is 44.6 Å². The molecule has 0 aromatic heterocycles. The fourth-order valence-electron chi connectivity index (χ4n) is 2.50. The Morgan fingerprint density at radius 2 is 2.09 bits per heavy atom. The summed E-state index contributed by atoms with van der Waals surface area (Å²) in [6.07, 6.45) is 3.82. The highest BCUT2D eigenvalue weighted by atomic mass is 16.6. The van der Waals surface area contributed by atoms with E-state index >= 15 is 0 Å². The third-order valence-corrected chi connectivity index (χ3v) is 4.04. The number of benzene rings is 1. The number of unbranched alkanes of at least 4 members (excludes halogenated alkanes) is 2. The smallest absolute Gasteiger partial charge is 0.408 e. The van der Waals surface area contributed by atoms with Crippen molar-refractivity contribution in [1.29, 1.82) is 0 Å². The maximum absolute atomic E-state index is 11.6. The molecule has 0 saturated carbocycles. The minimum atomic E-state index is -1.10. The van der Waals surface area contributed by atoms with Crippen molar-refractivity contribution < 1.29 is 19.1 Å². The van der Waals surface area contributed by atoms with Gasteiger partial charge in [0.1, 0.15) is 12.4 Å². The molecular weight excluding hydrogens is 296 g/mol. The van der Waals surface area contributed by atoms with Gasteiger partial charge in [0.15, 0.2) is 5.54 Å². The van der Waals surface area contributed by atoms with Crippen LogP contribution in [0.4, 0.5) is 4.79 Å². The van der Waals surface area contributed by atoms with Crippen LogP contribution < -0.4 is 15.8 Å². The van der Waals surface area contributed by atoms with Crippen molar-refractivity contribution in [2.24, 2.45) is 5.73 Å². The molecule has 0 radical (unpaired) electrons. The molecule has 23 heavy (non-hydrogen) atoms. The van der Waals surface area contributed by atoms with Crippen molar-refractivity contribution in [3.05, 3.63) is 29.8 Å². The third-order valence-electron chi connectivity index (χ3n) is 4.04. The molecule has 2 amide bonds. The van der Waals surface area contributed by atoms with Gasteiger partial charge in [-0.2, -0.15) is 0 Å². The number of primary amides is 1. The van der Waals surface area contributed by atoms with Gasteiger partial charge in [0.25, 0.3) is 0 Å². The average molecular weight is 320 g/mol. The van der Waals surface area contributed by atoms with Crippen LogP contribution in [0.5, 0.6) is 5.75 Å². The van der Waals surface area contributed by atoms with Gasteiger partial charge < -0.3 is 20.5 Å². The molecule has 6 nitrogen and oxygen atoms in total. The highest BCUT2D eigenvalue weighted by Gasteiger charge is 2.44. The fraction of sp³-hybridized carbons (Fsp3) is 0.529. The fourth-order valence-corrected chi connectivity index (χ4v) is 2.50. The van der Waals surface area contributed by atoms with Gasteiger partial charge in [-0.15, -0.1) is 0 Å². The molecule has 1 unspecified atom stereocenters. The first kappa shape index (κ1) is 17.1. The Morgan fingerprint density at radius 1 is 1.35 bits per heavy atom. The third kappa shape index (κ3) is 4.61. The number of cyclic esters (lactones) is 1. The van der Waals surface area contributed by atoms with E-state index in [0.29, 0.717) is 12.8 Å². The lowest BCUT2D eigenvalue weighted by atomic mass is 9.92. The molecule has 2 rings (SSSR count). The van der Waals surface area contributed by atoms with E-state index < -0.39 is 17.5 Å². The summed E-state index contributed by atoms with van der Waals surface area (Å²) in [5.41, 5.74) is 5.35. The summed E-state index contributed by atoms with van der Waals surface area (Å²) in [6, 6.07) is 7.76. The molecule has 1 aromatic carbocycles. The number of hydrogen-bond acceptors (Lipinski definition) is 4. The Hall–Kier alpha value is -2.24. The zero-order valence-corrected chi connectivity index (χ0v) is 13.5. The summed E-state index contributed by atoms with van der Waals surface area (Å²) in [6.45, 7) is 2.87. The largest absolute Gasteiger partial charge is 0.494 e. The lowest BCUT2D eigenvalue weighted by Gasteiger charge is -2.22. The summed E-state index contributed by atoms with van der Waals surface area (Å²) in [4.78, 5) is 22.8. The van der Waals surface area contributed by atoms with Gasteiger partial charge in [-0.1, -0.05) is 31.9 Å². The SMILES string of the molecule is CCCCCOc1ccc(CCC2(C(N)=O)COC(=O)N2)cc1. The molecule has 1 heterocycles. The number of hydrogen-bond donors (Lipinski definition) is 2. The zero-order valence-electron chi connectivity index (χ0n) is 13.5. The monoisotopic (exact) mass is 320 g/mol. The first-order valence-corrected chi connectivity index (χ1v) is 8.02. The number of carbonyl (C=O) groups is 2. The quantitative estimate of drug-likeness (QED) is 0.682. The maximum atomic E-state index is 11.6. The van der Waals surface area contributed by atoms with Crippen LogP contribution in [0.1, 0.15) is 38.2 Å². The molecule has 1 saturated heterocycles. The summed E-state index contributed by atoms with van der Waals surface area (Å²) in [7, 11) is 0. The van der Waals surface area contributed by atoms with Crippen molar-refractivity contribution in [3.8, 4) is 5.75 Å². The van der Waals surface area contributed by atoms with Gasteiger partial charge >= 0.3 is 6.09 Å². The van der Waals surface area contributed by atoms with Gasteiger partial charge in [-0.05, 0) is 37.0 Å². The number of aryl methyl sites for hydroxylation is 1. The molecule has 1 fully saturated rings. The Balaban J connectivity index is 1.86. The Morgan fingerprint density at radius 3 is 2.65 bits per heavy atom. The van der Waals surface area contributed by atoms with Crippen LogP contribution in [0, 0.1) is 0 Å². The molecule has 1 atom stereocenters. The van der Waals surface area contributed by atoms with Gasteiger partial charge in [0.05, 0.1) is 6.61 Å². The second-order valence-electron chi connectivity index (χ2n) is 5.85. The van der Waals surface area contributed by atoms with Crippen molar-refractivity contribution >= 4 is 12.0 Å². The number of ether oxygens (including phenoxy) is 2. The van der Waals surface area contributed by atoms with Gasteiger partial charge in [0.2, 0.25) is 5.91 Å².